The zero-order chi connectivity index (χ0) is 30.1. The normalized spacial score (nSPS) is 16.6. The van der Waals surface area contributed by atoms with E-state index in [1.165, 1.54) is 100 Å². The molecular formula is C30H50B9N. The molecule has 1 aliphatic carbocycles. The first kappa shape index (κ1) is 34.3. The zero-order valence-corrected chi connectivity index (χ0v) is 28.2. The summed E-state index contributed by atoms with van der Waals surface area (Å²) in [5, 5.41) is 4.01. The fourth-order valence-electron chi connectivity index (χ4n) is 6.69. The lowest BCUT2D eigenvalue weighted by Crippen LogP contribution is -2.41. The molecule has 0 saturated carbocycles. The van der Waals surface area contributed by atoms with Crippen LogP contribution in [0.15, 0.2) is 44.0 Å². The Bertz CT molecular complexity index is 1260. The molecule has 2 rings (SSSR count). The van der Waals surface area contributed by atoms with E-state index < -0.39 is 0 Å². The second-order valence-corrected chi connectivity index (χ2v) is 12.4. The lowest BCUT2D eigenvalue weighted by Gasteiger charge is -2.30. The molecule has 0 fully saturated rings. The van der Waals surface area contributed by atoms with Crippen molar-refractivity contribution >= 4 is 92.7 Å². The highest BCUT2D eigenvalue weighted by Crippen LogP contribution is 2.43. The van der Waals surface area contributed by atoms with Crippen molar-refractivity contribution in [2.45, 2.75) is 84.5 Å². The van der Waals surface area contributed by atoms with E-state index in [1.54, 1.807) is 16.6 Å². The fraction of sp³-hybridized carbons (Fsp3) is 0.467. The van der Waals surface area contributed by atoms with E-state index in [0.29, 0.717) is 5.92 Å². The highest BCUT2D eigenvalue weighted by molar-refractivity contribution is 6.54. The minimum atomic E-state index is 0.364. The number of terminal acetylenes is 1. The summed E-state index contributed by atoms with van der Waals surface area (Å²) >= 11 is 0. The third-order valence-electron chi connectivity index (χ3n) is 9.82. The summed E-state index contributed by atoms with van der Waals surface area (Å²) < 4.78 is 0. The van der Waals surface area contributed by atoms with Gasteiger partial charge in [0.1, 0.15) is 62.8 Å². The van der Waals surface area contributed by atoms with Crippen LogP contribution in [0.4, 0.5) is 5.69 Å². The van der Waals surface area contributed by atoms with Crippen molar-refractivity contribution in [3.8, 4) is 12.3 Å². The number of hydrogen-bond acceptors (Lipinski definition) is 1. The molecule has 202 valence electrons. The van der Waals surface area contributed by atoms with Gasteiger partial charge in [-0.3, -0.25) is 0 Å². The lowest BCUT2D eigenvalue weighted by atomic mass is 9.62. The Morgan fingerprint density at radius 1 is 0.800 bits per heavy atom. The molecule has 0 spiro atoms. The van der Waals surface area contributed by atoms with Gasteiger partial charge in [0.05, 0.1) is 0 Å². The van der Waals surface area contributed by atoms with E-state index in [0.717, 1.165) is 24.9 Å². The van der Waals surface area contributed by atoms with Crippen LogP contribution in [0.3, 0.4) is 0 Å². The van der Waals surface area contributed by atoms with Crippen molar-refractivity contribution in [1.82, 2.24) is 0 Å². The topological polar surface area (TPSA) is 12.0 Å². The van der Waals surface area contributed by atoms with Crippen molar-refractivity contribution in [2.75, 3.05) is 11.9 Å². The highest BCUT2D eigenvalue weighted by Gasteiger charge is 2.31. The van der Waals surface area contributed by atoms with Crippen molar-refractivity contribution in [3.63, 3.8) is 0 Å². The van der Waals surface area contributed by atoms with Gasteiger partial charge in [0.2, 0.25) is 0 Å². The molecule has 1 aromatic carbocycles. The van der Waals surface area contributed by atoms with Crippen molar-refractivity contribution in [2.24, 2.45) is 0 Å². The van der Waals surface area contributed by atoms with Crippen LogP contribution in [-0.4, -0.2) is 77.2 Å². The Morgan fingerprint density at radius 2 is 1.40 bits per heavy atom. The predicted octanol–water partition coefficient (Wildman–Crippen LogP) is -2.94. The average Bonchev–Trinajstić information content (AvgIpc) is 3.15. The van der Waals surface area contributed by atoms with Crippen molar-refractivity contribution in [3.05, 3.63) is 55.1 Å². The van der Waals surface area contributed by atoms with Gasteiger partial charge in [0.15, 0.2) is 7.85 Å². The van der Waals surface area contributed by atoms with Crippen LogP contribution in [-0.2, 0) is 6.42 Å². The second kappa shape index (κ2) is 15.9. The largest absolute Gasteiger partial charge is 0.382 e. The minimum absolute atomic E-state index is 0.364. The maximum atomic E-state index is 5.86. The molecule has 0 radical (unpaired) electrons. The number of hydrogen-bond donors (Lipinski definition) is 1. The Hall–Kier alpha value is -1.88. The molecule has 1 aromatic rings. The Labute approximate surface area is 255 Å². The number of unbranched alkanes of at least 4 members (excludes halogenated alkanes) is 3. The van der Waals surface area contributed by atoms with Crippen LogP contribution in [0.25, 0.3) is 0 Å². The van der Waals surface area contributed by atoms with Crippen LogP contribution in [0, 0.1) is 12.3 Å². The summed E-state index contributed by atoms with van der Waals surface area (Å²) in [6, 6.07) is 0. The predicted molar refractivity (Wildman–Crippen MR) is 208 cm³/mol. The summed E-state index contributed by atoms with van der Waals surface area (Å²) in [6.07, 6.45) is 16.6. The molecule has 0 amide bonds. The lowest BCUT2D eigenvalue weighted by molar-refractivity contribution is 0.794. The van der Waals surface area contributed by atoms with Gasteiger partial charge in [-0.15, -0.1) is 11.9 Å². The van der Waals surface area contributed by atoms with Gasteiger partial charge in [-0.1, -0.05) is 101 Å². The molecule has 0 heterocycles. The Kier molecular flexibility index (Phi) is 13.7. The van der Waals surface area contributed by atoms with E-state index in [2.05, 4.69) is 103 Å². The van der Waals surface area contributed by atoms with E-state index in [9.17, 15) is 0 Å². The number of nitrogens with one attached hydrogen (secondary N) is 1. The van der Waals surface area contributed by atoms with Crippen LogP contribution in [0.1, 0.15) is 89.2 Å². The van der Waals surface area contributed by atoms with Gasteiger partial charge in [-0.05, 0) is 49.6 Å². The summed E-state index contributed by atoms with van der Waals surface area (Å²) in [6.45, 7) is 7.69. The number of benzene rings is 1. The summed E-state index contributed by atoms with van der Waals surface area (Å²) in [7, 11) is 20.9. The average molecular weight is 522 g/mol. The van der Waals surface area contributed by atoms with Gasteiger partial charge in [0, 0.05) is 18.2 Å². The maximum absolute atomic E-state index is 5.86. The second-order valence-electron chi connectivity index (χ2n) is 12.4. The molecular weight excluding hydrogens is 472 g/mol. The molecule has 1 nitrogen and oxygen atoms in total. The van der Waals surface area contributed by atoms with E-state index in [-0.39, 0.29) is 0 Å². The van der Waals surface area contributed by atoms with Crippen LogP contribution >= 0.6 is 0 Å². The Balaban J connectivity index is 2.70. The molecule has 0 aromatic heterocycles. The maximum Gasteiger partial charge on any atom is 0.150 e. The molecule has 1 N–H and O–H groups in total. The monoisotopic (exact) mass is 523 g/mol. The van der Waals surface area contributed by atoms with E-state index in [4.69, 9.17) is 6.42 Å². The van der Waals surface area contributed by atoms with E-state index >= 15 is 0 Å². The Morgan fingerprint density at radius 3 is 1.98 bits per heavy atom. The summed E-state index contributed by atoms with van der Waals surface area (Å²) in [5.74, 6) is 3.29. The van der Waals surface area contributed by atoms with Gasteiger partial charge in [-0.25, -0.2) is 0 Å². The number of rotatable bonds is 14. The third kappa shape index (κ3) is 7.49. The quantitative estimate of drug-likeness (QED) is 0.157. The molecule has 40 heavy (non-hydrogen) atoms. The zero-order valence-electron chi connectivity index (χ0n) is 28.2. The van der Waals surface area contributed by atoms with Crippen molar-refractivity contribution < 1.29 is 0 Å². The molecule has 1 unspecified atom stereocenters. The molecule has 0 aliphatic heterocycles. The van der Waals surface area contributed by atoms with Gasteiger partial charge in [0.25, 0.3) is 0 Å². The first-order valence-electron chi connectivity index (χ1n) is 16.0. The van der Waals surface area contributed by atoms with Crippen LogP contribution in [0.2, 0.25) is 0 Å². The van der Waals surface area contributed by atoms with Gasteiger partial charge < -0.3 is 5.32 Å². The molecule has 0 saturated heterocycles. The van der Waals surface area contributed by atoms with Crippen molar-refractivity contribution in [1.29, 1.82) is 0 Å². The molecule has 1 aliphatic rings. The standard InChI is InChI=1S/C30H50B9N/c1-5-9-12-16(19(31)8-4)23(33)20(32)15-40-30-22(25(35)18(14-11-7-3)27(37)29(30)39)21-24(34)17(13-10-6-2)26(36)28(21)38/h4,21,40H,5-7,9-15,31-39H2,1-3H3/b19-16+,23-20-. The van der Waals surface area contributed by atoms with E-state index in [1.807, 2.05) is 0 Å². The highest BCUT2D eigenvalue weighted by atomic mass is 14.9. The minimum Gasteiger partial charge on any atom is -0.382 e. The van der Waals surface area contributed by atoms with Gasteiger partial charge >= 0.3 is 0 Å². The van der Waals surface area contributed by atoms with Gasteiger partial charge in [-0.2, -0.15) is 0 Å². The fourth-order valence-corrected chi connectivity index (χ4v) is 6.69. The van der Waals surface area contributed by atoms with Crippen LogP contribution in [0.5, 0.6) is 0 Å². The molecule has 1 atom stereocenters. The molecule has 0 bridgehead atoms. The summed E-state index contributed by atoms with van der Waals surface area (Å²) in [5.41, 5.74) is 20.2. The number of allylic oxidation sites excluding steroid dienone is 7. The molecule has 10 heteroatoms. The van der Waals surface area contributed by atoms with Crippen LogP contribution < -0.4 is 21.7 Å². The first-order valence-corrected chi connectivity index (χ1v) is 16.0. The third-order valence-corrected chi connectivity index (χ3v) is 9.82. The smallest absolute Gasteiger partial charge is 0.150 e. The summed E-state index contributed by atoms with van der Waals surface area (Å²) in [4.78, 5) is 0. The SMILES string of the molecule is BC1=C(B)C(c2c(B)c(CCCC)c(B)c(B)c2NC/C(B)=C(B)\C(CCCC)=C(\B)C#C)C(B)=C1CCCC. The number of anilines is 1. The first-order chi connectivity index (χ1) is 19.0.